The van der Waals surface area contributed by atoms with Crippen molar-refractivity contribution in [3.63, 3.8) is 0 Å². The summed E-state index contributed by atoms with van der Waals surface area (Å²) < 4.78 is 8.68. The monoisotopic (exact) mass is 644 g/mol. The molecule has 1 aliphatic rings. The van der Waals surface area contributed by atoms with Crippen molar-refractivity contribution in [1.82, 2.24) is 29.2 Å². The van der Waals surface area contributed by atoms with E-state index in [1.54, 1.807) is 42.8 Å². The maximum atomic E-state index is 13.3. The van der Waals surface area contributed by atoms with Crippen LogP contribution >= 0.6 is 0 Å². The molecule has 0 atom stereocenters. The zero-order chi connectivity index (χ0) is 33.4. The first kappa shape index (κ1) is 33.8. The van der Waals surface area contributed by atoms with E-state index in [2.05, 4.69) is 43.8 Å². The summed E-state index contributed by atoms with van der Waals surface area (Å²) >= 11 is 0. The summed E-state index contributed by atoms with van der Waals surface area (Å²) in [5, 5.41) is 22.8. The number of aliphatic carboxylic acids is 1. The van der Waals surface area contributed by atoms with Crippen molar-refractivity contribution in [3.05, 3.63) is 77.4 Å². The highest BCUT2D eigenvalue weighted by Gasteiger charge is 2.22. The second-order valence-corrected chi connectivity index (χ2v) is 12.2. The van der Waals surface area contributed by atoms with Crippen LogP contribution in [0, 0.1) is 0 Å². The Labute approximate surface area is 274 Å². The van der Waals surface area contributed by atoms with Gasteiger partial charge in [-0.05, 0) is 76.1 Å². The zero-order valence-corrected chi connectivity index (χ0v) is 27.1. The maximum Gasteiger partial charge on any atom is 0.303 e. The van der Waals surface area contributed by atoms with Crippen LogP contribution in [0.2, 0.25) is 0 Å². The standard InChI is InChI=1S/C34H44N8O5/c1-4-16-41-32(45)27-24-35-33(38-31(27)42(41)29-10-7-9-28(37-29)34(2,3)46)36-25-12-14-26(15-13-25)40-20-18-39(19-21-40)17-5-6-22-47-23-8-11-30(43)44/h4,7,9-10,12-15,24,46H,1,5-6,8,11,16-23H2,2-3H3,(H,43,44)(H,35,36,38). The number of hydrogen-bond acceptors (Lipinski definition) is 10. The average Bonchev–Trinajstić information content (AvgIpc) is 3.33. The van der Waals surface area contributed by atoms with Crippen molar-refractivity contribution >= 4 is 34.3 Å². The van der Waals surface area contributed by atoms with E-state index in [0.717, 1.165) is 56.9 Å². The number of piperazine rings is 1. The summed E-state index contributed by atoms with van der Waals surface area (Å²) in [4.78, 5) is 42.5. The molecular weight excluding hydrogens is 600 g/mol. The van der Waals surface area contributed by atoms with Crippen LogP contribution in [-0.4, -0.2) is 91.3 Å². The summed E-state index contributed by atoms with van der Waals surface area (Å²) in [6.07, 6.45) is 5.91. The van der Waals surface area contributed by atoms with Gasteiger partial charge in [-0.15, -0.1) is 6.58 Å². The molecule has 4 aromatic rings. The number of unbranched alkanes of at least 4 members (excludes halogenated alkanes) is 1. The molecule has 1 fully saturated rings. The molecule has 5 rings (SSSR count). The second-order valence-electron chi connectivity index (χ2n) is 12.2. The van der Waals surface area contributed by atoms with Gasteiger partial charge in [-0.2, -0.15) is 4.98 Å². The van der Waals surface area contributed by atoms with Gasteiger partial charge in [0, 0.05) is 63.4 Å². The van der Waals surface area contributed by atoms with E-state index in [1.807, 2.05) is 12.1 Å². The highest BCUT2D eigenvalue weighted by molar-refractivity contribution is 5.77. The van der Waals surface area contributed by atoms with Gasteiger partial charge in [0.2, 0.25) is 5.95 Å². The number of carboxylic acids is 1. The Morgan fingerprint density at radius 1 is 1.04 bits per heavy atom. The molecule has 3 aromatic heterocycles. The molecule has 13 nitrogen and oxygen atoms in total. The SMILES string of the molecule is C=CCn1c(=O)c2cnc(Nc3ccc(N4CCN(CCCCOCCCC(=O)O)CC4)cc3)nc2n1-c1cccc(C(C)(C)O)n1. The minimum absolute atomic E-state index is 0.157. The number of nitrogens with zero attached hydrogens (tertiary/aromatic N) is 7. The van der Waals surface area contributed by atoms with Crippen LogP contribution in [0.1, 0.15) is 45.2 Å². The number of pyridine rings is 1. The minimum atomic E-state index is -1.16. The molecule has 13 heteroatoms. The molecule has 4 heterocycles. The summed E-state index contributed by atoms with van der Waals surface area (Å²) in [7, 11) is 0. The zero-order valence-electron chi connectivity index (χ0n) is 27.1. The fraction of sp³-hybridized carbons (Fsp3) is 0.441. The van der Waals surface area contributed by atoms with Crippen molar-refractivity contribution in [2.45, 2.75) is 51.7 Å². The molecule has 0 spiro atoms. The van der Waals surface area contributed by atoms with Crippen LogP contribution < -0.4 is 15.8 Å². The maximum absolute atomic E-state index is 13.3. The van der Waals surface area contributed by atoms with Gasteiger partial charge in [0.1, 0.15) is 11.0 Å². The van der Waals surface area contributed by atoms with Gasteiger partial charge in [0.25, 0.3) is 5.56 Å². The molecule has 47 heavy (non-hydrogen) atoms. The first-order chi connectivity index (χ1) is 22.6. The van der Waals surface area contributed by atoms with E-state index in [0.29, 0.717) is 48.1 Å². The lowest BCUT2D eigenvalue weighted by Crippen LogP contribution is -2.46. The van der Waals surface area contributed by atoms with Gasteiger partial charge in [0.05, 0.1) is 12.2 Å². The Kier molecular flexibility index (Phi) is 11.0. The van der Waals surface area contributed by atoms with Crippen molar-refractivity contribution in [1.29, 1.82) is 0 Å². The molecule has 3 N–H and O–H groups in total. The second kappa shape index (κ2) is 15.3. The molecule has 0 aliphatic carbocycles. The Morgan fingerprint density at radius 3 is 2.49 bits per heavy atom. The summed E-state index contributed by atoms with van der Waals surface area (Å²) in [6, 6.07) is 13.5. The molecule has 0 saturated carbocycles. The van der Waals surface area contributed by atoms with Gasteiger partial charge in [-0.25, -0.2) is 19.3 Å². The van der Waals surface area contributed by atoms with E-state index in [4.69, 9.17) is 14.8 Å². The molecule has 0 unspecified atom stereocenters. The van der Waals surface area contributed by atoms with Gasteiger partial charge >= 0.3 is 5.97 Å². The number of fused-ring (bicyclic) bond motifs is 1. The quantitative estimate of drug-likeness (QED) is 0.120. The van der Waals surface area contributed by atoms with E-state index < -0.39 is 11.6 Å². The Balaban J connectivity index is 1.20. The van der Waals surface area contributed by atoms with E-state index in [9.17, 15) is 14.7 Å². The third-order valence-corrected chi connectivity index (χ3v) is 8.11. The number of allylic oxidation sites excluding steroid dienone is 1. The molecule has 1 saturated heterocycles. The topological polar surface area (TPSA) is 151 Å². The van der Waals surface area contributed by atoms with Crippen LogP contribution in [0.15, 0.2) is 66.1 Å². The number of carboxylic acid groups (broad SMARTS) is 1. The number of nitrogens with one attached hydrogen (secondary N) is 1. The van der Waals surface area contributed by atoms with Gasteiger partial charge in [0.15, 0.2) is 11.5 Å². The Bertz CT molecular complexity index is 1720. The van der Waals surface area contributed by atoms with Crippen LogP contribution in [0.4, 0.5) is 17.3 Å². The van der Waals surface area contributed by atoms with Gasteiger partial charge in [-0.1, -0.05) is 12.1 Å². The lowest BCUT2D eigenvalue weighted by Gasteiger charge is -2.36. The van der Waals surface area contributed by atoms with E-state index >= 15 is 0 Å². The molecule has 0 radical (unpaired) electrons. The molecule has 0 amide bonds. The summed E-state index contributed by atoms with van der Waals surface area (Å²) in [5.41, 5.74) is 1.41. The number of rotatable bonds is 16. The third kappa shape index (κ3) is 8.61. The van der Waals surface area contributed by atoms with Gasteiger partial charge in [-0.3, -0.25) is 14.5 Å². The number of hydrogen-bond donors (Lipinski definition) is 3. The normalized spacial score (nSPS) is 14.1. The molecule has 1 aliphatic heterocycles. The highest BCUT2D eigenvalue weighted by atomic mass is 16.5. The fourth-order valence-electron chi connectivity index (χ4n) is 5.57. The molecular formula is C34H44N8O5. The van der Waals surface area contributed by atoms with E-state index in [-0.39, 0.29) is 18.5 Å². The number of carbonyl (C=O) groups is 1. The number of ether oxygens (including phenoxy) is 1. The first-order valence-electron chi connectivity index (χ1n) is 16.1. The van der Waals surface area contributed by atoms with Crippen LogP contribution in [0.3, 0.4) is 0 Å². The number of aromatic nitrogens is 5. The lowest BCUT2D eigenvalue weighted by molar-refractivity contribution is -0.137. The van der Waals surface area contributed by atoms with E-state index in [1.165, 1.54) is 10.9 Å². The fourth-order valence-corrected chi connectivity index (χ4v) is 5.57. The minimum Gasteiger partial charge on any atom is -0.481 e. The third-order valence-electron chi connectivity index (χ3n) is 8.11. The smallest absolute Gasteiger partial charge is 0.303 e. The van der Waals surface area contributed by atoms with Crippen LogP contribution in [0.5, 0.6) is 0 Å². The van der Waals surface area contributed by atoms with Crippen molar-refractivity contribution < 1.29 is 19.7 Å². The Hall–Kier alpha value is -4.59. The highest BCUT2D eigenvalue weighted by Crippen LogP contribution is 2.24. The summed E-state index contributed by atoms with van der Waals surface area (Å²) in [6.45, 7) is 13.5. The Morgan fingerprint density at radius 2 is 1.79 bits per heavy atom. The van der Waals surface area contributed by atoms with Crippen LogP contribution in [0.25, 0.3) is 16.9 Å². The largest absolute Gasteiger partial charge is 0.481 e. The number of benzene rings is 1. The van der Waals surface area contributed by atoms with Crippen LogP contribution in [-0.2, 0) is 21.7 Å². The average molecular weight is 645 g/mol. The van der Waals surface area contributed by atoms with Crippen molar-refractivity contribution in [2.75, 3.05) is 56.2 Å². The number of anilines is 3. The molecule has 250 valence electrons. The van der Waals surface area contributed by atoms with Crippen molar-refractivity contribution in [3.8, 4) is 5.82 Å². The summed E-state index contributed by atoms with van der Waals surface area (Å²) in [5.74, 6) is 0.0123. The number of aliphatic hydroxyl groups is 1. The predicted octanol–water partition coefficient (Wildman–Crippen LogP) is 3.92. The first-order valence-corrected chi connectivity index (χ1v) is 16.1. The molecule has 0 bridgehead atoms. The predicted molar refractivity (Wildman–Crippen MR) is 182 cm³/mol. The van der Waals surface area contributed by atoms with Gasteiger partial charge < -0.3 is 25.2 Å². The lowest BCUT2D eigenvalue weighted by atomic mass is 10.1. The van der Waals surface area contributed by atoms with Crippen molar-refractivity contribution in [2.24, 2.45) is 0 Å². The molecule has 1 aromatic carbocycles.